The molecule has 2 atom stereocenters. The second-order valence-electron chi connectivity index (χ2n) is 7.35. The first-order chi connectivity index (χ1) is 11.7. The van der Waals surface area contributed by atoms with Gasteiger partial charge in [-0.3, -0.25) is 10.1 Å². The predicted molar refractivity (Wildman–Crippen MR) is 95.8 cm³/mol. The molecule has 0 aliphatic heterocycles. The number of anilines is 1. The maximum absolute atomic E-state index is 12.7. The highest BCUT2D eigenvalue weighted by Crippen LogP contribution is 2.34. The molecule has 1 amide bonds. The molecule has 24 heavy (non-hydrogen) atoms. The van der Waals surface area contributed by atoms with Crippen molar-refractivity contribution in [3.05, 3.63) is 24.3 Å². The van der Waals surface area contributed by atoms with Gasteiger partial charge in [-0.2, -0.15) is 0 Å². The summed E-state index contributed by atoms with van der Waals surface area (Å²) in [7, 11) is 0. The predicted octanol–water partition coefficient (Wildman–Crippen LogP) is 3.61. The van der Waals surface area contributed by atoms with Crippen molar-refractivity contribution in [2.75, 3.05) is 5.32 Å². The van der Waals surface area contributed by atoms with Gasteiger partial charge in [0.15, 0.2) is 0 Å². The number of carbonyl (C=O) groups excluding carboxylic acids is 1. The van der Waals surface area contributed by atoms with Gasteiger partial charge in [0.2, 0.25) is 11.9 Å². The van der Waals surface area contributed by atoms with E-state index < -0.39 is 0 Å². The van der Waals surface area contributed by atoms with Gasteiger partial charge in [-0.1, -0.05) is 31.4 Å². The summed E-state index contributed by atoms with van der Waals surface area (Å²) < 4.78 is 2.27. The first kappa shape index (κ1) is 15.6. The summed E-state index contributed by atoms with van der Waals surface area (Å²) in [5, 5.41) is 3.12. The number of imidazole rings is 1. The van der Waals surface area contributed by atoms with Crippen LogP contribution in [0.15, 0.2) is 24.3 Å². The molecule has 2 aromatic rings. The largest absolute Gasteiger partial charge is 0.328 e. The second-order valence-corrected chi connectivity index (χ2v) is 7.35. The Balaban J connectivity index is 1.65. The zero-order valence-electron chi connectivity index (χ0n) is 14.1. The second kappa shape index (κ2) is 6.55. The van der Waals surface area contributed by atoms with Gasteiger partial charge >= 0.3 is 0 Å². The minimum absolute atomic E-state index is 0.0274. The molecule has 0 radical (unpaired) electrons. The van der Waals surface area contributed by atoms with Gasteiger partial charge in [-0.05, 0) is 44.2 Å². The van der Waals surface area contributed by atoms with Crippen molar-refractivity contribution in [2.45, 2.75) is 63.5 Å². The number of rotatable bonds is 3. The number of nitrogens with two attached hydrogens (primary N) is 1. The van der Waals surface area contributed by atoms with Crippen molar-refractivity contribution in [3.8, 4) is 0 Å². The van der Waals surface area contributed by atoms with Crippen molar-refractivity contribution in [3.63, 3.8) is 0 Å². The lowest BCUT2D eigenvalue weighted by Crippen LogP contribution is -2.26. The molecular formula is C19H26N4O. The number of carbonyl (C=O) groups is 1. The minimum atomic E-state index is 0.0274. The first-order valence-corrected chi connectivity index (χ1v) is 9.26. The van der Waals surface area contributed by atoms with E-state index in [1.165, 1.54) is 19.3 Å². The summed E-state index contributed by atoms with van der Waals surface area (Å²) in [6.45, 7) is 0. The SMILES string of the molecule is NC1CCC(C(=O)Nc2nc3ccccc3n2C2CCCCC2)C1. The molecule has 4 rings (SSSR count). The summed E-state index contributed by atoms with van der Waals surface area (Å²) in [5.74, 6) is 0.823. The van der Waals surface area contributed by atoms with E-state index in [0.29, 0.717) is 12.0 Å². The Kier molecular flexibility index (Phi) is 4.27. The number of para-hydroxylation sites is 2. The summed E-state index contributed by atoms with van der Waals surface area (Å²) in [6, 6.07) is 8.78. The lowest BCUT2D eigenvalue weighted by atomic mass is 9.95. The van der Waals surface area contributed by atoms with Crippen LogP contribution in [0.25, 0.3) is 11.0 Å². The number of aromatic nitrogens is 2. The van der Waals surface area contributed by atoms with Gasteiger partial charge in [0.1, 0.15) is 0 Å². The van der Waals surface area contributed by atoms with Gasteiger partial charge in [0, 0.05) is 18.0 Å². The highest BCUT2D eigenvalue weighted by atomic mass is 16.2. The molecule has 2 saturated carbocycles. The summed E-state index contributed by atoms with van der Waals surface area (Å²) in [4.78, 5) is 17.4. The van der Waals surface area contributed by atoms with Crippen LogP contribution >= 0.6 is 0 Å². The van der Waals surface area contributed by atoms with Crippen molar-refractivity contribution in [1.29, 1.82) is 0 Å². The average molecular weight is 326 g/mol. The Hall–Kier alpha value is -1.88. The van der Waals surface area contributed by atoms with Crippen molar-refractivity contribution < 1.29 is 4.79 Å². The molecule has 0 bridgehead atoms. The van der Waals surface area contributed by atoms with Gasteiger partial charge in [0.25, 0.3) is 0 Å². The fourth-order valence-corrected chi connectivity index (χ4v) is 4.31. The molecule has 0 saturated heterocycles. The molecule has 5 nitrogen and oxygen atoms in total. The van der Waals surface area contributed by atoms with Crippen molar-refractivity contribution in [1.82, 2.24) is 9.55 Å². The number of fused-ring (bicyclic) bond motifs is 1. The van der Waals surface area contributed by atoms with E-state index >= 15 is 0 Å². The van der Waals surface area contributed by atoms with E-state index in [9.17, 15) is 4.79 Å². The topological polar surface area (TPSA) is 72.9 Å². The lowest BCUT2D eigenvalue weighted by Gasteiger charge is -2.25. The summed E-state index contributed by atoms with van der Waals surface area (Å²) in [6.07, 6.45) is 8.76. The maximum Gasteiger partial charge on any atom is 0.229 e. The molecule has 2 aliphatic rings. The van der Waals surface area contributed by atoms with Crippen LogP contribution in [0.1, 0.15) is 57.4 Å². The lowest BCUT2D eigenvalue weighted by molar-refractivity contribution is -0.119. The average Bonchev–Trinajstić information content (AvgIpc) is 3.19. The molecular weight excluding hydrogens is 300 g/mol. The van der Waals surface area contributed by atoms with Gasteiger partial charge in [-0.15, -0.1) is 0 Å². The van der Waals surface area contributed by atoms with Crippen LogP contribution in [0.5, 0.6) is 0 Å². The number of hydrogen-bond acceptors (Lipinski definition) is 3. The fraction of sp³-hybridized carbons (Fsp3) is 0.579. The zero-order chi connectivity index (χ0) is 16.5. The van der Waals surface area contributed by atoms with Crippen LogP contribution in [0, 0.1) is 5.92 Å². The first-order valence-electron chi connectivity index (χ1n) is 9.26. The summed E-state index contributed by atoms with van der Waals surface area (Å²) >= 11 is 0. The third-order valence-electron chi connectivity index (χ3n) is 5.61. The third-order valence-corrected chi connectivity index (χ3v) is 5.61. The molecule has 5 heteroatoms. The third kappa shape index (κ3) is 2.93. The molecule has 1 aromatic carbocycles. The number of benzene rings is 1. The highest BCUT2D eigenvalue weighted by molar-refractivity contribution is 5.93. The Morgan fingerprint density at radius 3 is 2.67 bits per heavy atom. The number of amides is 1. The van der Waals surface area contributed by atoms with Crippen LogP contribution in [-0.2, 0) is 4.79 Å². The molecule has 1 aromatic heterocycles. The molecule has 0 spiro atoms. The van der Waals surface area contributed by atoms with Gasteiger partial charge < -0.3 is 10.3 Å². The number of nitrogens with zero attached hydrogens (tertiary/aromatic N) is 2. The molecule has 2 unspecified atom stereocenters. The Morgan fingerprint density at radius 1 is 1.12 bits per heavy atom. The fourth-order valence-electron chi connectivity index (χ4n) is 4.31. The van der Waals surface area contributed by atoms with E-state index in [-0.39, 0.29) is 17.9 Å². The van der Waals surface area contributed by atoms with Gasteiger partial charge in [0.05, 0.1) is 11.0 Å². The van der Waals surface area contributed by atoms with E-state index in [4.69, 9.17) is 10.7 Å². The number of nitrogens with one attached hydrogen (secondary N) is 1. The Morgan fingerprint density at radius 2 is 1.92 bits per heavy atom. The van der Waals surface area contributed by atoms with E-state index in [1.807, 2.05) is 18.2 Å². The molecule has 1 heterocycles. The summed E-state index contributed by atoms with van der Waals surface area (Å²) in [5.41, 5.74) is 8.05. The monoisotopic (exact) mass is 326 g/mol. The Labute approximate surface area is 142 Å². The van der Waals surface area contributed by atoms with Crippen molar-refractivity contribution in [2.24, 2.45) is 11.7 Å². The maximum atomic E-state index is 12.7. The molecule has 2 aliphatic carbocycles. The zero-order valence-corrected chi connectivity index (χ0v) is 14.1. The van der Waals surface area contributed by atoms with Crippen LogP contribution in [0.2, 0.25) is 0 Å². The Bertz CT molecular complexity index is 732. The van der Waals surface area contributed by atoms with E-state index in [0.717, 1.165) is 43.1 Å². The standard InChI is InChI=1S/C19H26N4O/c20-14-11-10-13(12-14)18(24)22-19-21-16-8-4-5-9-17(16)23(19)15-6-2-1-3-7-15/h4-5,8-9,13-15H,1-3,6-7,10-12,20H2,(H,21,22,24). The molecule has 128 valence electrons. The molecule has 3 N–H and O–H groups in total. The van der Waals surface area contributed by atoms with Crippen LogP contribution in [0.3, 0.4) is 0 Å². The van der Waals surface area contributed by atoms with E-state index in [1.54, 1.807) is 0 Å². The smallest absolute Gasteiger partial charge is 0.229 e. The normalized spacial score (nSPS) is 25.2. The quantitative estimate of drug-likeness (QED) is 0.905. The van der Waals surface area contributed by atoms with Crippen LogP contribution in [-0.4, -0.2) is 21.5 Å². The minimum Gasteiger partial charge on any atom is -0.328 e. The number of hydrogen-bond donors (Lipinski definition) is 2. The highest BCUT2D eigenvalue weighted by Gasteiger charge is 2.29. The van der Waals surface area contributed by atoms with Crippen molar-refractivity contribution >= 4 is 22.9 Å². The van der Waals surface area contributed by atoms with Gasteiger partial charge in [-0.25, -0.2) is 4.98 Å². The molecule has 2 fully saturated rings. The van der Waals surface area contributed by atoms with Crippen LogP contribution < -0.4 is 11.1 Å². The van der Waals surface area contributed by atoms with E-state index in [2.05, 4.69) is 16.0 Å². The van der Waals surface area contributed by atoms with Crippen LogP contribution in [0.4, 0.5) is 5.95 Å².